The molecular weight excluding hydrogens is 521 g/mol. The second-order valence-electron chi connectivity index (χ2n) is 9.27. The van der Waals surface area contributed by atoms with Crippen LogP contribution in [0.25, 0.3) is 0 Å². The number of fused-ring (bicyclic) bond motifs is 2. The van der Waals surface area contributed by atoms with E-state index in [-0.39, 0.29) is 23.7 Å². The summed E-state index contributed by atoms with van der Waals surface area (Å²) in [5, 5.41) is 10.9. The third-order valence-corrected chi connectivity index (χ3v) is 6.48. The van der Waals surface area contributed by atoms with Crippen molar-refractivity contribution >= 4 is 11.5 Å². The van der Waals surface area contributed by atoms with Gasteiger partial charge in [0.25, 0.3) is 0 Å². The predicted octanol–water partition coefficient (Wildman–Crippen LogP) is 5.14. The maximum absolute atomic E-state index is 12.3. The lowest BCUT2D eigenvalue weighted by molar-refractivity contribution is -0.389. The van der Waals surface area contributed by atoms with Crippen LogP contribution in [0.1, 0.15) is 24.8 Å². The van der Waals surface area contributed by atoms with E-state index in [4.69, 9.17) is 14.2 Å². The summed E-state index contributed by atoms with van der Waals surface area (Å²) in [4.78, 5) is 16.6. The molecule has 0 saturated carbocycles. The quantitative estimate of drug-likeness (QED) is 0.195. The van der Waals surface area contributed by atoms with Crippen LogP contribution in [0.2, 0.25) is 0 Å². The predicted molar refractivity (Wildman–Crippen MR) is 134 cm³/mol. The number of aryl methyl sites for hydroxylation is 2. The smallest absolute Gasteiger partial charge is 0.494 e. The van der Waals surface area contributed by atoms with E-state index in [0.29, 0.717) is 31.9 Å². The standard InChI is InChI=1S/C26H27F3N4O6/c27-26(28,29)39-20-6-4-19(5-7-20)36-14-2-12-31-11-1-3-18-15-21(8-9-23(18)31)37-17-22-10-13-32-16-24(33(34)35)30-25(32)38-22/h4-9,15-16,22H,1-3,10-14,17H2. The molecule has 0 aliphatic carbocycles. The minimum atomic E-state index is -4.72. The van der Waals surface area contributed by atoms with Gasteiger partial charge in [-0.1, -0.05) is 0 Å². The van der Waals surface area contributed by atoms with Gasteiger partial charge in [-0.2, -0.15) is 0 Å². The van der Waals surface area contributed by atoms with Gasteiger partial charge in [-0.25, -0.2) is 0 Å². The van der Waals surface area contributed by atoms with Gasteiger partial charge in [0.15, 0.2) is 0 Å². The number of hydrogen-bond acceptors (Lipinski definition) is 8. The Balaban J connectivity index is 1.09. The Morgan fingerprint density at radius 1 is 1.08 bits per heavy atom. The van der Waals surface area contributed by atoms with Gasteiger partial charge in [-0.05, 0) is 72.2 Å². The number of anilines is 1. The number of nitrogens with zero attached hydrogens (tertiary/aromatic N) is 4. The first kappa shape index (κ1) is 26.4. The molecule has 13 heteroatoms. The third-order valence-electron chi connectivity index (χ3n) is 6.48. The highest BCUT2D eigenvalue weighted by Crippen LogP contribution is 2.31. The average Bonchev–Trinajstić information content (AvgIpc) is 3.34. The normalized spacial score (nSPS) is 16.6. The lowest BCUT2D eigenvalue weighted by Crippen LogP contribution is -2.32. The van der Waals surface area contributed by atoms with Crippen LogP contribution in [-0.4, -0.2) is 53.2 Å². The van der Waals surface area contributed by atoms with Crippen LogP contribution >= 0.6 is 0 Å². The summed E-state index contributed by atoms with van der Waals surface area (Å²) in [5.41, 5.74) is 2.33. The van der Waals surface area contributed by atoms with E-state index in [1.807, 2.05) is 18.2 Å². The van der Waals surface area contributed by atoms with Crippen LogP contribution in [0.3, 0.4) is 0 Å². The first-order chi connectivity index (χ1) is 18.7. The van der Waals surface area contributed by atoms with Gasteiger partial charge in [0, 0.05) is 36.7 Å². The minimum absolute atomic E-state index is 0.231. The molecule has 1 aromatic heterocycles. The Morgan fingerprint density at radius 3 is 2.62 bits per heavy atom. The zero-order valence-corrected chi connectivity index (χ0v) is 20.9. The number of benzene rings is 2. The molecule has 0 fully saturated rings. The van der Waals surface area contributed by atoms with Crippen LogP contribution in [0, 0.1) is 10.1 Å². The summed E-state index contributed by atoms with van der Waals surface area (Å²) >= 11 is 0. The van der Waals surface area contributed by atoms with E-state index in [2.05, 4.69) is 14.6 Å². The highest BCUT2D eigenvalue weighted by Gasteiger charge is 2.31. The summed E-state index contributed by atoms with van der Waals surface area (Å²) in [6.45, 7) is 3.01. The largest absolute Gasteiger partial charge is 0.573 e. The number of halogens is 3. The second kappa shape index (κ2) is 11.3. The zero-order chi connectivity index (χ0) is 27.4. The molecule has 0 saturated heterocycles. The molecule has 0 spiro atoms. The summed E-state index contributed by atoms with van der Waals surface area (Å²) in [7, 11) is 0. The molecule has 2 aliphatic heterocycles. The molecular formula is C26H27F3N4O6. The maximum Gasteiger partial charge on any atom is 0.573 e. The number of aromatic nitrogens is 2. The van der Waals surface area contributed by atoms with E-state index in [1.54, 1.807) is 4.57 Å². The maximum atomic E-state index is 12.3. The molecule has 0 radical (unpaired) electrons. The van der Waals surface area contributed by atoms with Crippen molar-refractivity contribution < 1.29 is 37.0 Å². The van der Waals surface area contributed by atoms with Crippen molar-refractivity contribution in [1.82, 2.24) is 9.55 Å². The highest BCUT2D eigenvalue weighted by molar-refractivity contribution is 5.58. The molecule has 2 aliphatic rings. The fraction of sp³-hybridized carbons (Fsp3) is 0.423. The fourth-order valence-electron chi connectivity index (χ4n) is 4.68. The Morgan fingerprint density at radius 2 is 1.85 bits per heavy atom. The van der Waals surface area contributed by atoms with Crippen LogP contribution in [0.4, 0.5) is 24.7 Å². The first-order valence-corrected chi connectivity index (χ1v) is 12.6. The number of rotatable bonds is 10. The van der Waals surface area contributed by atoms with Crippen LogP contribution in [0.5, 0.6) is 23.3 Å². The van der Waals surface area contributed by atoms with Crippen LogP contribution < -0.4 is 23.8 Å². The fourth-order valence-corrected chi connectivity index (χ4v) is 4.68. The molecule has 3 aromatic rings. The van der Waals surface area contributed by atoms with E-state index in [9.17, 15) is 23.3 Å². The van der Waals surface area contributed by atoms with E-state index < -0.39 is 11.3 Å². The van der Waals surface area contributed by atoms with E-state index in [0.717, 1.165) is 43.8 Å². The number of hydrogen-bond donors (Lipinski definition) is 0. The highest BCUT2D eigenvalue weighted by atomic mass is 19.4. The Kier molecular flexibility index (Phi) is 7.66. The summed E-state index contributed by atoms with van der Waals surface area (Å²) in [6, 6.07) is 11.6. The van der Waals surface area contributed by atoms with Crippen molar-refractivity contribution in [1.29, 1.82) is 0 Å². The molecule has 1 atom stereocenters. The van der Waals surface area contributed by atoms with Gasteiger partial charge in [0.2, 0.25) is 0 Å². The van der Waals surface area contributed by atoms with Gasteiger partial charge in [0.05, 0.1) is 6.61 Å². The Labute approximate surface area is 222 Å². The van der Waals surface area contributed by atoms with Gasteiger partial charge >= 0.3 is 18.2 Å². The van der Waals surface area contributed by atoms with Crippen LogP contribution in [0.15, 0.2) is 48.7 Å². The molecule has 39 heavy (non-hydrogen) atoms. The molecule has 0 amide bonds. The van der Waals surface area contributed by atoms with Gasteiger partial charge < -0.3 is 34.0 Å². The van der Waals surface area contributed by atoms with Crippen LogP contribution in [-0.2, 0) is 13.0 Å². The molecule has 0 bridgehead atoms. The second-order valence-corrected chi connectivity index (χ2v) is 9.27. The molecule has 0 N–H and O–H groups in total. The summed E-state index contributed by atoms with van der Waals surface area (Å²) in [5.74, 6) is 0.702. The summed E-state index contributed by atoms with van der Waals surface area (Å²) in [6.07, 6.45) is -0.249. The molecule has 5 rings (SSSR count). The number of alkyl halides is 3. The van der Waals surface area contributed by atoms with Gasteiger partial charge in [-0.15, -0.1) is 13.2 Å². The molecule has 10 nitrogen and oxygen atoms in total. The molecule has 208 valence electrons. The van der Waals surface area contributed by atoms with E-state index >= 15 is 0 Å². The van der Waals surface area contributed by atoms with Crippen molar-refractivity contribution in [3.8, 4) is 23.3 Å². The average molecular weight is 549 g/mol. The third kappa shape index (κ3) is 6.84. The number of ether oxygens (including phenoxy) is 4. The topological polar surface area (TPSA) is 101 Å². The van der Waals surface area contributed by atoms with Gasteiger partial charge in [0.1, 0.15) is 36.2 Å². The first-order valence-electron chi connectivity index (χ1n) is 12.6. The van der Waals surface area contributed by atoms with Crippen molar-refractivity contribution in [2.45, 2.75) is 44.7 Å². The SMILES string of the molecule is O=[N+]([O-])c1cn2c(n1)OC(COc1ccc3c(c1)CCCN3CCCOc1ccc(OC(F)(F)F)cc1)CC2. The van der Waals surface area contributed by atoms with Crippen molar-refractivity contribution in [3.63, 3.8) is 0 Å². The number of nitro groups is 1. The monoisotopic (exact) mass is 548 g/mol. The van der Waals surface area contributed by atoms with Crippen molar-refractivity contribution in [2.24, 2.45) is 0 Å². The van der Waals surface area contributed by atoms with Crippen molar-refractivity contribution in [2.75, 3.05) is 31.2 Å². The Hall–Kier alpha value is -4.16. The summed E-state index contributed by atoms with van der Waals surface area (Å²) < 4.78 is 59.8. The van der Waals surface area contributed by atoms with Crippen molar-refractivity contribution in [3.05, 3.63) is 64.3 Å². The molecule has 1 unspecified atom stereocenters. The Bertz CT molecular complexity index is 1300. The zero-order valence-electron chi connectivity index (χ0n) is 20.9. The lowest BCUT2D eigenvalue weighted by atomic mass is 10.0. The number of imidazole rings is 1. The van der Waals surface area contributed by atoms with Gasteiger partial charge in [-0.3, -0.25) is 4.57 Å². The molecule has 2 aromatic carbocycles. The molecule has 3 heterocycles. The minimum Gasteiger partial charge on any atom is -0.494 e. The van der Waals surface area contributed by atoms with E-state index in [1.165, 1.54) is 36.0 Å². The lowest BCUT2D eigenvalue weighted by Gasteiger charge is -2.31.